The van der Waals surface area contributed by atoms with Crippen molar-refractivity contribution in [2.24, 2.45) is 5.92 Å². The number of piperidine rings is 1. The fraction of sp³-hybridized carbons (Fsp3) is 0.846. The van der Waals surface area contributed by atoms with Gasteiger partial charge in [-0.15, -0.1) is 4.37 Å². The summed E-state index contributed by atoms with van der Waals surface area (Å²) in [6.45, 7) is 6.61. The monoisotopic (exact) mass is 267 g/mol. The zero-order chi connectivity index (χ0) is 12.4. The number of rotatable bonds is 5. The predicted molar refractivity (Wildman–Crippen MR) is 72.2 cm³/mol. The lowest BCUT2D eigenvalue weighted by Gasteiger charge is -2.21. The second-order valence-electron chi connectivity index (χ2n) is 5.43. The largest absolute Gasteiger partial charge is 0.476 e. The molecule has 3 rings (SSSR count). The lowest BCUT2D eigenvalue weighted by atomic mass is 9.89. The number of fused-ring (bicyclic) bond motifs is 2. The smallest absolute Gasteiger partial charge is 0.249 e. The molecule has 2 aliphatic rings. The number of unbranched alkanes of at least 4 members (excludes halogenated alkanes) is 1. The Morgan fingerprint density at radius 2 is 2.33 bits per heavy atom. The van der Waals surface area contributed by atoms with E-state index in [1.54, 1.807) is 0 Å². The van der Waals surface area contributed by atoms with Crippen LogP contribution < -0.4 is 4.74 Å². The molecule has 5 heteroatoms. The van der Waals surface area contributed by atoms with Gasteiger partial charge in [0.15, 0.2) is 0 Å². The van der Waals surface area contributed by atoms with Gasteiger partial charge in [-0.25, -0.2) is 0 Å². The summed E-state index contributed by atoms with van der Waals surface area (Å²) in [7, 11) is 0. The molecule has 2 fully saturated rings. The normalized spacial score (nSPS) is 30.6. The van der Waals surface area contributed by atoms with Crippen LogP contribution in [0.1, 0.15) is 44.2 Å². The molecule has 4 nitrogen and oxygen atoms in total. The summed E-state index contributed by atoms with van der Waals surface area (Å²) in [4.78, 5) is 2.56. The Bertz CT molecular complexity index is 395. The Hall–Kier alpha value is -0.680. The molecule has 2 bridgehead atoms. The van der Waals surface area contributed by atoms with Crippen molar-refractivity contribution in [2.75, 3.05) is 26.2 Å². The van der Waals surface area contributed by atoms with E-state index in [0.29, 0.717) is 5.92 Å². The first-order valence-corrected chi connectivity index (χ1v) is 7.79. The Morgan fingerprint density at radius 1 is 1.39 bits per heavy atom. The van der Waals surface area contributed by atoms with Crippen LogP contribution in [0.5, 0.6) is 5.88 Å². The first kappa shape index (κ1) is 12.4. The molecule has 0 aliphatic carbocycles. The van der Waals surface area contributed by atoms with Gasteiger partial charge in [-0.3, -0.25) is 0 Å². The van der Waals surface area contributed by atoms with E-state index in [0.717, 1.165) is 43.5 Å². The lowest BCUT2D eigenvalue weighted by molar-refractivity contribution is 0.269. The molecule has 18 heavy (non-hydrogen) atoms. The third kappa shape index (κ3) is 2.38. The Balaban J connectivity index is 1.70. The molecule has 3 atom stereocenters. The van der Waals surface area contributed by atoms with E-state index in [-0.39, 0.29) is 0 Å². The minimum absolute atomic E-state index is 0.558. The number of ether oxygens (including phenoxy) is 1. The fourth-order valence-electron chi connectivity index (χ4n) is 3.15. The molecule has 2 saturated heterocycles. The third-order valence-electron chi connectivity index (χ3n) is 4.14. The van der Waals surface area contributed by atoms with Crippen molar-refractivity contribution in [2.45, 2.75) is 38.5 Å². The van der Waals surface area contributed by atoms with Crippen LogP contribution in [0, 0.1) is 5.92 Å². The summed E-state index contributed by atoms with van der Waals surface area (Å²) in [6.07, 6.45) is 4.93. The van der Waals surface area contributed by atoms with E-state index in [1.807, 2.05) is 0 Å². The molecule has 0 amide bonds. The second-order valence-corrected chi connectivity index (χ2v) is 5.95. The quantitative estimate of drug-likeness (QED) is 0.768. The van der Waals surface area contributed by atoms with E-state index < -0.39 is 0 Å². The minimum atomic E-state index is 0.558. The number of nitrogens with zero attached hydrogens (tertiary/aromatic N) is 3. The van der Waals surface area contributed by atoms with Crippen LogP contribution in [0.25, 0.3) is 0 Å². The van der Waals surface area contributed by atoms with Crippen molar-refractivity contribution in [1.29, 1.82) is 0 Å². The molecule has 0 N–H and O–H groups in total. The molecule has 0 saturated carbocycles. The molecule has 0 spiro atoms. The molecular formula is C13H21N3OS. The molecule has 3 heterocycles. The standard InChI is InChI=1S/C13H21N3OS/c1-2-3-7-17-13-12(14-18-15-13)11-9-16-6-4-5-10(11)8-16/h10-11H,2-9H2,1H3. The second kappa shape index (κ2) is 5.53. The van der Waals surface area contributed by atoms with Gasteiger partial charge < -0.3 is 9.64 Å². The van der Waals surface area contributed by atoms with Crippen molar-refractivity contribution in [1.82, 2.24) is 13.6 Å². The molecule has 2 aliphatic heterocycles. The van der Waals surface area contributed by atoms with Gasteiger partial charge in [-0.2, -0.15) is 4.37 Å². The first-order valence-electron chi connectivity index (χ1n) is 7.06. The molecule has 1 aromatic rings. The summed E-state index contributed by atoms with van der Waals surface area (Å²) in [5.74, 6) is 2.14. The van der Waals surface area contributed by atoms with Crippen LogP contribution in [-0.2, 0) is 0 Å². The maximum atomic E-state index is 5.80. The highest BCUT2D eigenvalue weighted by Gasteiger charge is 2.39. The predicted octanol–water partition coefficient (Wildman–Crippen LogP) is 2.53. The van der Waals surface area contributed by atoms with E-state index in [1.165, 1.54) is 37.7 Å². The summed E-state index contributed by atoms with van der Waals surface area (Å²) in [5.41, 5.74) is 1.13. The SMILES string of the molecule is CCCCOc1nsnc1C1CN2CCCC1C2. The van der Waals surface area contributed by atoms with E-state index >= 15 is 0 Å². The summed E-state index contributed by atoms with van der Waals surface area (Å²) in [6, 6.07) is 0. The molecular weight excluding hydrogens is 246 g/mol. The van der Waals surface area contributed by atoms with Crippen LogP contribution in [0.2, 0.25) is 0 Å². The molecule has 100 valence electrons. The van der Waals surface area contributed by atoms with E-state index in [9.17, 15) is 0 Å². The average Bonchev–Trinajstić information content (AvgIpc) is 2.95. The average molecular weight is 267 g/mol. The number of hydrogen-bond acceptors (Lipinski definition) is 5. The summed E-state index contributed by atoms with van der Waals surface area (Å²) in [5, 5.41) is 0. The van der Waals surface area contributed by atoms with Gasteiger partial charge in [0.05, 0.1) is 18.3 Å². The van der Waals surface area contributed by atoms with Gasteiger partial charge in [0, 0.05) is 19.0 Å². The van der Waals surface area contributed by atoms with Gasteiger partial charge in [0.25, 0.3) is 0 Å². The highest BCUT2D eigenvalue weighted by atomic mass is 32.1. The zero-order valence-corrected chi connectivity index (χ0v) is 11.8. The van der Waals surface area contributed by atoms with Crippen molar-refractivity contribution < 1.29 is 4.74 Å². The van der Waals surface area contributed by atoms with E-state index in [2.05, 4.69) is 20.6 Å². The lowest BCUT2D eigenvalue weighted by Crippen LogP contribution is -2.25. The third-order valence-corrected chi connectivity index (χ3v) is 4.66. The molecule has 0 radical (unpaired) electrons. The van der Waals surface area contributed by atoms with Crippen LogP contribution in [0.15, 0.2) is 0 Å². The van der Waals surface area contributed by atoms with Crippen LogP contribution in [-0.4, -0.2) is 39.9 Å². The summed E-state index contributed by atoms with van der Waals surface area (Å²) < 4.78 is 14.6. The summed E-state index contributed by atoms with van der Waals surface area (Å²) >= 11 is 1.30. The fourth-order valence-corrected chi connectivity index (χ4v) is 3.71. The minimum Gasteiger partial charge on any atom is -0.476 e. The number of hydrogen-bond donors (Lipinski definition) is 0. The highest BCUT2D eigenvalue weighted by molar-refractivity contribution is 6.99. The van der Waals surface area contributed by atoms with Crippen LogP contribution >= 0.6 is 11.7 Å². The Kier molecular flexibility index (Phi) is 3.80. The van der Waals surface area contributed by atoms with Gasteiger partial charge in [0.2, 0.25) is 5.88 Å². The Morgan fingerprint density at radius 3 is 3.17 bits per heavy atom. The van der Waals surface area contributed by atoms with Crippen LogP contribution in [0.4, 0.5) is 0 Å². The molecule has 0 aromatic carbocycles. The van der Waals surface area contributed by atoms with Crippen molar-refractivity contribution in [3.63, 3.8) is 0 Å². The van der Waals surface area contributed by atoms with Crippen molar-refractivity contribution in [3.05, 3.63) is 5.69 Å². The zero-order valence-electron chi connectivity index (χ0n) is 11.0. The first-order chi connectivity index (χ1) is 8.88. The number of aromatic nitrogens is 2. The van der Waals surface area contributed by atoms with Gasteiger partial charge in [-0.05, 0) is 31.7 Å². The van der Waals surface area contributed by atoms with Crippen LogP contribution in [0.3, 0.4) is 0 Å². The Labute approximate surface area is 113 Å². The molecule has 3 unspecified atom stereocenters. The van der Waals surface area contributed by atoms with Gasteiger partial charge in [-0.1, -0.05) is 13.3 Å². The molecule has 1 aromatic heterocycles. The van der Waals surface area contributed by atoms with Gasteiger partial charge in [0.1, 0.15) is 5.69 Å². The van der Waals surface area contributed by atoms with Crippen molar-refractivity contribution in [3.8, 4) is 5.88 Å². The van der Waals surface area contributed by atoms with E-state index in [4.69, 9.17) is 4.74 Å². The highest BCUT2D eigenvalue weighted by Crippen LogP contribution is 2.40. The topological polar surface area (TPSA) is 38.3 Å². The maximum absolute atomic E-state index is 5.80. The maximum Gasteiger partial charge on any atom is 0.249 e. The van der Waals surface area contributed by atoms with Gasteiger partial charge >= 0.3 is 0 Å². The van der Waals surface area contributed by atoms with Crippen molar-refractivity contribution >= 4 is 11.7 Å².